The quantitative estimate of drug-likeness (QED) is 0.654. The number of nitro groups is 1. The van der Waals surface area contributed by atoms with Gasteiger partial charge in [0.25, 0.3) is 0 Å². The largest absolute Gasteiger partial charge is 0.362 e. The van der Waals surface area contributed by atoms with E-state index in [0.29, 0.717) is 18.8 Å². The summed E-state index contributed by atoms with van der Waals surface area (Å²) in [6, 6.07) is 4.40. The molecule has 0 aliphatic carbocycles. The highest BCUT2D eigenvalue weighted by atomic mass is 32.2. The molecule has 110 valence electrons. The van der Waals surface area contributed by atoms with Gasteiger partial charge in [0, 0.05) is 25.4 Å². The Morgan fingerprint density at radius 1 is 1.50 bits per heavy atom. The highest BCUT2D eigenvalue weighted by Crippen LogP contribution is 2.37. The molecule has 1 aromatic rings. The zero-order valence-corrected chi connectivity index (χ0v) is 12.0. The van der Waals surface area contributed by atoms with Crippen molar-refractivity contribution in [3.8, 4) is 0 Å². The molecule has 0 bridgehead atoms. The standard InChI is InChI=1S/C12H17N3O4S/c1-20(18,19)11-6-2-5-10(12(11)15(16)17)14-7-3-4-9(14)8-13/h2,5-6,9H,3-4,7-8,13H2,1H3. The smallest absolute Gasteiger partial charge is 0.311 e. The number of hydrogen-bond acceptors (Lipinski definition) is 6. The Morgan fingerprint density at radius 3 is 2.75 bits per heavy atom. The van der Waals surface area contributed by atoms with E-state index in [1.54, 1.807) is 6.07 Å². The summed E-state index contributed by atoms with van der Waals surface area (Å²) in [7, 11) is -3.65. The average molecular weight is 299 g/mol. The van der Waals surface area contributed by atoms with Crippen molar-refractivity contribution in [2.45, 2.75) is 23.8 Å². The molecule has 1 aromatic carbocycles. The van der Waals surface area contributed by atoms with E-state index in [1.807, 2.05) is 4.90 Å². The van der Waals surface area contributed by atoms with Crippen LogP contribution in [0.15, 0.2) is 23.1 Å². The van der Waals surface area contributed by atoms with Crippen LogP contribution in [0.3, 0.4) is 0 Å². The Kier molecular flexibility index (Phi) is 3.96. The van der Waals surface area contributed by atoms with Gasteiger partial charge in [-0.05, 0) is 25.0 Å². The fraction of sp³-hybridized carbons (Fsp3) is 0.500. The summed E-state index contributed by atoms with van der Waals surface area (Å²) in [5, 5.41) is 11.3. The number of sulfone groups is 1. The maximum absolute atomic E-state index is 11.7. The second-order valence-electron chi connectivity index (χ2n) is 4.88. The molecule has 1 fully saturated rings. The zero-order chi connectivity index (χ0) is 14.9. The maximum atomic E-state index is 11.7. The third-order valence-electron chi connectivity index (χ3n) is 3.52. The van der Waals surface area contributed by atoms with E-state index in [-0.39, 0.29) is 16.6 Å². The topological polar surface area (TPSA) is 107 Å². The van der Waals surface area contributed by atoms with Crippen LogP contribution in [-0.4, -0.2) is 38.7 Å². The van der Waals surface area contributed by atoms with Gasteiger partial charge in [0.15, 0.2) is 9.84 Å². The van der Waals surface area contributed by atoms with Crippen molar-refractivity contribution in [3.63, 3.8) is 0 Å². The van der Waals surface area contributed by atoms with E-state index in [1.165, 1.54) is 12.1 Å². The van der Waals surface area contributed by atoms with E-state index >= 15 is 0 Å². The zero-order valence-electron chi connectivity index (χ0n) is 11.2. The molecule has 2 rings (SSSR count). The van der Waals surface area contributed by atoms with E-state index in [2.05, 4.69) is 0 Å². The third-order valence-corrected chi connectivity index (χ3v) is 4.65. The highest BCUT2D eigenvalue weighted by Gasteiger charge is 2.33. The van der Waals surface area contributed by atoms with E-state index in [4.69, 9.17) is 5.73 Å². The molecule has 2 N–H and O–H groups in total. The molecular weight excluding hydrogens is 282 g/mol. The monoisotopic (exact) mass is 299 g/mol. The van der Waals surface area contributed by atoms with Gasteiger partial charge in [-0.15, -0.1) is 0 Å². The van der Waals surface area contributed by atoms with Crippen molar-refractivity contribution in [1.29, 1.82) is 0 Å². The molecule has 1 atom stereocenters. The van der Waals surface area contributed by atoms with Gasteiger partial charge >= 0.3 is 5.69 Å². The molecule has 0 amide bonds. The predicted molar refractivity (Wildman–Crippen MR) is 75.6 cm³/mol. The number of nitrogens with two attached hydrogens (primary N) is 1. The first-order valence-electron chi connectivity index (χ1n) is 6.30. The fourth-order valence-electron chi connectivity index (χ4n) is 2.62. The van der Waals surface area contributed by atoms with E-state index in [9.17, 15) is 18.5 Å². The molecule has 1 aliphatic rings. The fourth-order valence-corrected chi connectivity index (χ4v) is 3.48. The van der Waals surface area contributed by atoms with Gasteiger partial charge in [-0.25, -0.2) is 8.42 Å². The van der Waals surface area contributed by atoms with Crippen LogP contribution in [0.1, 0.15) is 12.8 Å². The number of hydrogen-bond donors (Lipinski definition) is 1. The number of rotatable bonds is 4. The van der Waals surface area contributed by atoms with E-state index in [0.717, 1.165) is 19.1 Å². The van der Waals surface area contributed by atoms with Crippen molar-refractivity contribution in [3.05, 3.63) is 28.3 Å². The molecule has 20 heavy (non-hydrogen) atoms. The minimum absolute atomic E-state index is 0.0171. The molecule has 1 saturated heterocycles. The van der Waals surface area contributed by atoms with Crippen molar-refractivity contribution in [2.24, 2.45) is 5.73 Å². The number of nitro benzene ring substituents is 1. The van der Waals surface area contributed by atoms with Crippen LogP contribution >= 0.6 is 0 Å². The van der Waals surface area contributed by atoms with Crippen LogP contribution in [0, 0.1) is 10.1 Å². The Morgan fingerprint density at radius 2 is 2.20 bits per heavy atom. The lowest BCUT2D eigenvalue weighted by Crippen LogP contribution is -2.35. The van der Waals surface area contributed by atoms with Crippen LogP contribution < -0.4 is 10.6 Å². The number of anilines is 1. The highest BCUT2D eigenvalue weighted by molar-refractivity contribution is 7.90. The van der Waals surface area contributed by atoms with Gasteiger partial charge in [0.05, 0.1) is 4.92 Å². The Hall–Kier alpha value is -1.67. The average Bonchev–Trinajstić information content (AvgIpc) is 2.84. The second-order valence-corrected chi connectivity index (χ2v) is 6.86. The summed E-state index contributed by atoms with van der Waals surface area (Å²) >= 11 is 0. The molecule has 1 unspecified atom stereocenters. The molecule has 7 nitrogen and oxygen atoms in total. The summed E-state index contributed by atoms with van der Waals surface area (Å²) in [5.41, 5.74) is 5.67. The van der Waals surface area contributed by atoms with Crippen LogP contribution in [0.2, 0.25) is 0 Å². The first-order chi connectivity index (χ1) is 9.36. The summed E-state index contributed by atoms with van der Waals surface area (Å²) in [4.78, 5) is 12.3. The normalized spacial score (nSPS) is 19.3. The molecule has 0 spiro atoms. The van der Waals surface area contributed by atoms with Crippen molar-refractivity contribution < 1.29 is 13.3 Å². The first kappa shape index (κ1) is 14.7. The number of benzene rings is 1. The lowest BCUT2D eigenvalue weighted by Gasteiger charge is -2.25. The minimum atomic E-state index is -3.65. The Balaban J connectivity index is 2.62. The predicted octanol–water partition coefficient (Wildman–Crippen LogP) is 0.926. The molecule has 1 aliphatic heterocycles. The molecule has 8 heteroatoms. The van der Waals surface area contributed by atoms with Crippen molar-refractivity contribution >= 4 is 21.2 Å². The third kappa shape index (κ3) is 2.61. The lowest BCUT2D eigenvalue weighted by molar-refractivity contribution is -0.387. The summed E-state index contributed by atoms with van der Waals surface area (Å²) in [6.07, 6.45) is 2.72. The second kappa shape index (κ2) is 5.37. The molecule has 0 saturated carbocycles. The maximum Gasteiger partial charge on any atom is 0.311 e. The Bertz CT molecular complexity index is 630. The van der Waals surface area contributed by atoms with Gasteiger partial charge in [-0.2, -0.15) is 0 Å². The molecule has 0 radical (unpaired) electrons. The summed E-state index contributed by atoms with van der Waals surface area (Å²) in [5.74, 6) is 0. The minimum Gasteiger partial charge on any atom is -0.362 e. The number of para-hydroxylation sites is 1. The molecule has 0 aromatic heterocycles. The van der Waals surface area contributed by atoms with Crippen LogP contribution in [0.5, 0.6) is 0 Å². The van der Waals surface area contributed by atoms with Crippen molar-refractivity contribution in [2.75, 3.05) is 24.2 Å². The molecule has 1 heterocycles. The van der Waals surface area contributed by atoms with Gasteiger partial charge in [-0.1, -0.05) is 6.07 Å². The van der Waals surface area contributed by atoms with E-state index < -0.39 is 14.8 Å². The van der Waals surface area contributed by atoms with Crippen molar-refractivity contribution in [1.82, 2.24) is 0 Å². The Labute approximate surface area is 117 Å². The van der Waals surface area contributed by atoms with Crippen LogP contribution in [-0.2, 0) is 9.84 Å². The lowest BCUT2D eigenvalue weighted by atomic mass is 10.2. The SMILES string of the molecule is CS(=O)(=O)c1cccc(N2CCCC2CN)c1[N+](=O)[O-]. The van der Waals surface area contributed by atoms with Gasteiger partial charge in [-0.3, -0.25) is 10.1 Å². The number of nitrogens with zero attached hydrogens (tertiary/aromatic N) is 2. The summed E-state index contributed by atoms with van der Waals surface area (Å²) in [6.45, 7) is 1.04. The first-order valence-corrected chi connectivity index (χ1v) is 8.19. The molecular formula is C12H17N3O4S. The van der Waals surface area contributed by atoms with Gasteiger partial charge < -0.3 is 10.6 Å². The van der Waals surface area contributed by atoms with Crippen LogP contribution in [0.25, 0.3) is 0 Å². The van der Waals surface area contributed by atoms with Gasteiger partial charge in [0.1, 0.15) is 10.6 Å². The van der Waals surface area contributed by atoms with Gasteiger partial charge in [0.2, 0.25) is 0 Å². The van der Waals surface area contributed by atoms with Crippen LogP contribution in [0.4, 0.5) is 11.4 Å². The summed E-state index contributed by atoms with van der Waals surface area (Å²) < 4.78 is 23.5.